The van der Waals surface area contributed by atoms with E-state index in [4.69, 9.17) is 14.2 Å². The molecular weight excluding hydrogens is 791 g/mol. The predicted molar refractivity (Wildman–Crippen MR) is 214 cm³/mol. The minimum Gasteiger partial charge on any atom is -0.489 e. The normalized spacial score (nSPS) is 29.7. The van der Waals surface area contributed by atoms with E-state index in [-0.39, 0.29) is 31.2 Å². The van der Waals surface area contributed by atoms with Crippen LogP contribution in [0.5, 0.6) is 11.6 Å². The van der Waals surface area contributed by atoms with E-state index in [0.717, 1.165) is 24.9 Å². The lowest BCUT2D eigenvalue weighted by atomic mass is 9.88. The fourth-order valence-corrected chi connectivity index (χ4v) is 9.64. The van der Waals surface area contributed by atoms with Crippen LogP contribution in [-0.2, 0) is 29.1 Å². The van der Waals surface area contributed by atoms with Gasteiger partial charge in [-0.15, -0.1) is 0 Å². The van der Waals surface area contributed by atoms with Crippen molar-refractivity contribution < 1.29 is 50.6 Å². The molecular formula is C41H54F2N6O9S. The van der Waals surface area contributed by atoms with Gasteiger partial charge in [0.05, 0.1) is 24.0 Å². The number of anilines is 1. The van der Waals surface area contributed by atoms with Gasteiger partial charge in [0.2, 0.25) is 27.7 Å². The molecule has 0 bridgehead atoms. The molecule has 3 N–H and O–H groups in total. The van der Waals surface area contributed by atoms with Crippen molar-refractivity contribution in [2.24, 2.45) is 17.8 Å². The van der Waals surface area contributed by atoms with E-state index in [9.17, 15) is 36.4 Å². The Balaban J connectivity index is 1.23. The number of carbonyl (C=O) groups is 4. The summed E-state index contributed by atoms with van der Waals surface area (Å²) in [5.41, 5.74) is -2.91. The van der Waals surface area contributed by atoms with Gasteiger partial charge < -0.3 is 34.6 Å². The first-order valence-electron chi connectivity index (χ1n) is 20.4. The summed E-state index contributed by atoms with van der Waals surface area (Å²) in [6.07, 6.45) is 5.90. The smallest absolute Gasteiger partial charge is 0.408 e. The van der Waals surface area contributed by atoms with Gasteiger partial charge in [-0.1, -0.05) is 26.0 Å². The highest BCUT2D eigenvalue weighted by atomic mass is 32.2. The summed E-state index contributed by atoms with van der Waals surface area (Å²) in [6, 6.07) is 3.02. The highest BCUT2D eigenvalue weighted by Gasteiger charge is 2.62. The second-order valence-electron chi connectivity index (χ2n) is 17.6. The number of pyridine rings is 1. The first kappa shape index (κ1) is 42.4. The minimum atomic E-state index is -3.96. The molecule has 0 spiro atoms. The lowest BCUT2D eigenvalue weighted by molar-refractivity contribution is -0.152. The van der Waals surface area contributed by atoms with Crippen molar-refractivity contribution in [3.63, 3.8) is 0 Å². The molecule has 2 saturated carbocycles. The van der Waals surface area contributed by atoms with Crippen molar-refractivity contribution in [3.8, 4) is 11.6 Å². The van der Waals surface area contributed by atoms with Gasteiger partial charge in [0, 0.05) is 43.3 Å². The second kappa shape index (κ2) is 15.7. The quantitative estimate of drug-likeness (QED) is 0.320. The maximum Gasteiger partial charge on any atom is 0.408 e. The first-order chi connectivity index (χ1) is 27.7. The highest BCUT2D eigenvalue weighted by molar-refractivity contribution is 7.91. The minimum absolute atomic E-state index is 0.0254. The number of ether oxygens (including phenoxy) is 3. The fourth-order valence-electron chi connectivity index (χ4n) is 8.27. The van der Waals surface area contributed by atoms with E-state index >= 15 is 0 Å². The van der Waals surface area contributed by atoms with E-state index in [0.29, 0.717) is 63.3 Å². The number of alkyl carbamates (subject to hydrolysis) is 1. The average Bonchev–Trinajstić information content (AvgIpc) is 4.08. The van der Waals surface area contributed by atoms with Crippen LogP contribution in [0.25, 0.3) is 10.8 Å². The number of sulfonamides is 1. The van der Waals surface area contributed by atoms with Crippen LogP contribution in [-0.4, -0.2) is 109 Å². The third-order valence-corrected chi connectivity index (χ3v) is 14.3. The Morgan fingerprint density at radius 2 is 1.81 bits per heavy atom. The molecule has 5 aliphatic rings. The number of carbonyl (C=O) groups excluding carboxylic acids is 4. The number of halogens is 2. The summed E-state index contributed by atoms with van der Waals surface area (Å²) >= 11 is 0. The molecule has 2 aromatic rings. The van der Waals surface area contributed by atoms with E-state index in [2.05, 4.69) is 25.2 Å². The Labute approximate surface area is 343 Å². The third kappa shape index (κ3) is 8.64. The Bertz CT molecular complexity index is 2140. The Morgan fingerprint density at radius 3 is 2.53 bits per heavy atom. The largest absolute Gasteiger partial charge is 0.489 e. The number of rotatable bonds is 8. The van der Waals surface area contributed by atoms with E-state index in [1.54, 1.807) is 13.1 Å². The number of nitrogens with one attached hydrogen (secondary N) is 3. The molecule has 18 heteroatoms. The summed E-state index contributed by atoms with van der Waals surface area (Å²) < 4.78 is 74.6. The van der Waals surface area contributed by atoms with E-state index in [1.165, 1.54) is 4.90 Å². The molecule has 3 aliphatic heterocycles. The van der Waals surface area contributed by atoms with Gasteiger partial charge in [0.1, 0.15) is 30.3 Å². The van der Waals surface area contributed by atoms with Crippen molar-refractivity contribution in [2.45, 2.75) is 120 Å². The molecule has 1 saturated heterocycles. The third-order valence-electron chi connectivity index (χ3n) is 12.5. The van der Waals surface area contributed by atoms with Gasteiger partial charge in [-0.2, -0.15) is 0 Å². The Morgan fingerprint density at radius 1 is 1.07 bits per heavy atom. The van der Waals surface area contributed by atoms with Crippen LogP contribution in [0.2, 0.25) is 0 Å². The van der Waals surface area contributed by atoms with Crippen LogP contribution >= 0.6 is 0 Å². The number of fused-ring (bicyclic) bond motifs is 5. The molecule has 1 aromatic carbocycles. The second-order valence-corrected chi connectivity index (χ2v) is 19.5. The first-order valence-corrected chi connectivity index (χ1v) is 21.9. The molecule has 7 rings (SSSR count). The molecule has 1 unspecified atom stereocenters. The van der Waals surface area contributed by atoms with Gasteiger partial charge >= 0.3 is 6.09 Å². The maximum atomic E-state index is 14.9. The lowest BCUT2D eigenvalue weighted by Gasteiger charge is -2.35. The Kier molecular flexibility index (Phi) is 11.3. The topological polar surface area (TPSA) is 186 Å². The molecule has 1 aromatic heterocycles. The molecule has 4 heterocycles. The molecule has 3 fully saturated rings. The number of alkyl halides is 2. The summed E-state index contributed by atoms with van der Waals surface area (Å²) in [5.74, 6) is -5.78. The van der Waals surface area contributed by atoms with Gasteiger partial charge in [-0.25, -0.2) is 27.0 Å². The van der Waals surface area contributed by atoms with Crippen LogP contribution < -0.4 is 29.7 Å². The van der Waals surface area contributed by atoms with Crippen LogP contribution in [0, 0.1) is 17.8 Å². The van der Waals surface area contributed by atoms with Crippen molar-refractivity contribution in [3.05, 3.63) is 36.5 Å². The van der Waals surface area contributed by atoms with Crippen molar-refractivity contribution in [1.82, 2.24) is 25.2 Å². The van der Waals surface area contributed by atoms with Crippen molar-refractivity contribution in [2.75, 3.05) is 31.6 Å². The van der Waals surface area contributed by atoms with E-state index < -0.39 is 86.2 Å². The van der Waals surface area contributed by atoms with Crippen LogP contribution in [0.1, 0.15) is 79.6 Å². The number of hydrogen-bond donors (Lipinski definition) is 3. The van der Waals surface area contributed by atoms with Crippen LogP contribution in [0.15, 0.2) is 36.5 Å². The average molecular weight is 845 g/mol. The van der Waals surface area contributed by atoms with Gasteiger partial charge in [0.15, 0.2) is 11.4 Å². The van der Waals surface area contributed by atoms with Gasteiger partial charge in [-0.3, -0.25) is 19.1 Å². The van der Waals surface area contributed by atoms with Crippen molar-refractivity contribution >= 4 is 50.3 Å². The fraction of sp³-hybridized carbons (Fsp3) is 0.634. The lowest BCUT2D eigenvalue weighted by Crippen LogP contribution is -2.59. The zero-order chi connectivity index (χ0) is 42.7. The molecule has 7 atom stereocenters. The molecule has 2 aliphatic carbocycles. The standard InChI is InChI=1S/C41H54F2N6O9S/c1-23-9-7-8-10-25-21-41(25,37(52)47-59(54,55)27-11-12-27)46-34(50)31-20-26(57-35-29-13-14-30-33(28(29)15-16-44-35)56-18-17-48(30)6)22-49(31)36(51)32(24(2)19-23)45-38(53)58-39(3,4)40(5,42)43/h8,10,13-16,23-27,31-32H,7,9,11-12,17-22H2,1-6H3,(H,45,53)(H,46,50)(H,47,52)/b10-8-/t23-,24-,25?,26-,31+,32+,41-/m1/s1. The maximum absolute atomic E-state index is 14.9. The summed E-state index contributed by atoms with van der Waals surface area (Å²) in [5, 5.41) is 6.12. The van der Waals surface area contributed by atoms with E-state index in [1.807, 2.05) is 44.3 Å². The molecule has 59 heavy (non-hydrogen) atoms. The summed E-state index contributed by atoms with van der Waals surface area (Å²) in [6.45, 7) is 7.58. The number of allylic oxidation sites excluding steroid dienone is 1. The predicted octanol–water partition coefficient (Wildman–Crippen LogP) is 4.44. The number of aromatic nitrogens is 1. The zero-order valence-electron chi connectivity index (χ0n) is 34.3. The highest BCUT2D eigenvalue weighted by Crippen LogP contribution is 2.46. The number of amides is 4. The Hall–Kier alpha value is -4.74. The van der Waals surface area contributed by atoms with Crippen LogP contribution in [0.3, 0.4) is 0 Å². The van der Waals surface area contributed by atoms with Crippen molar-refractivity contribution in [1.29, 1.82) is 0 Å². The summed E-state index contributed by atoms with van der Waals surface area (Å²) in [7, 11) is -1.99. The monoisotopic (exact) mass is 844 g/mol. The van der Waals surface area contributed by atoms with Crippen LogP contribution in [0.4, 0.5) is 19.3 Å². The SMILES string of the molecule is C[C@@H]1CC/C=C\C2C[C@@]2(C(=O)NS(=O)(=O)C2CC2)NC(=O)[C@@H]2C[C@@H](Oc3nccc4c5c(ccc34)N(C)CCO5)CN2C(=O)[C@@H](NC(=O)OC(C)(C)C(C)(F)F)[C@H](C)C1. The number of benzene rings is 1. The van der Waals surface area contributed by atoms with Gasteiger partial charge in [-0.05, 0) is 82.4 Å². The molecule has 15 nitrogen and oxygen atoms in total. The molecule has 0 radical (unpaired) electrons. The molecule has 4 amide bonds. The van der Waals surface area contributed by atoms with Gasteiger partial charge in [0.25, 0.3) is 11.8 Å². The number of hydrogen-bond acceptors (Lipinski definition) is 11. The number of nitrogens with zero attached hydrogens (tertiary/aromatic N) is 3. The summed E-state index contributed by atoms with van der Waals surface area (Å²) in [4.78, 5) is 64.5. The zero-order valence-corrected chi connectivity index (χ0v) is 35.1. The number of likely N-dealkylation sites (N-methyl/N-ethyl adjacent to an activating group) is 1. The molecule has 322 valence electrons.